The van der Waals surface area contributed by atoms with Crippen LogP contribution in [-0.2, 0) is 0 Å². The van der Waals surface area contributed by atoms with Gasteiger partial charge in [-0.15, -0.1) is 0 Å². The quantitative estimate of drug-likeness (QED) is 0.775. The molecule has 0 bridgehead atoms. The van der Waals surface area contributed by atoms with E-state index in [-0.39, 0.29) is 0 Å². The molecular weight excluding hydrogens is 369 g/mol. The van der Waals surface area contributed by atoms with Crippen molar-refractivity contribution < 1.29 is 0 Å². The molecule has 0 unspecified atom stereocenters. The highest BCUT2D eigenvalue weighted by atomic mass is 127. The summed E-state index contributed by atoms with van der Waals surface area (Å²) in [5.74, 6) is 2.17. The van der Waals surface area contributed by atoms with Gasteiger partial charge in [0.05, 0.1) is 9.26 Å². The van der Waals surface area contributed by atoms with Crippen LogP contribution in [-0.4, -0.2) is 16.5 Å². The van der Waals surface area contributed by atoms with Crippen LogP contribution in [0, 0.1) is 10.5 Å². The van der Waals surface area contributed by atoms with Crippen LogP contribution in [0.25, 0.3) is 11.4 Å². The number of aromatic nitrogens is 2. The molecule has 3 nitrogen and oxygen atoms in total. The second kappa shape index (κ2) is 6.17. The van der Waals surface area contributed by atoms with Crippen molar-refractivity contribution >= 4 is 39.7 Å². The minimum absolute atomic E-state index is 0.394. The number of thiophene rings is 1. The van der Waals surface area contributed by atoms with E-state index in [2.05, 4.69) is 71.3 Å². The summed E-state index contributed by atoms with van der Waals surface area (Å²) >= 11 is 4.03. The Morgan fingerprint density at radius 1 is 1.32 bits per heavy atom. The number of anilines is 1. The van der Waals surface area contributed by atoms with Crippen LogP contribution < -0.4 is 5.32 Å². The van der Waals surface area contributed by atoms with Crippen LogP contribution in [0.1, 0.15) is 37.9 Å². The predicted molar refractivity (Wildman–Crippen MR) is 91.1 cm³/mol. The van der Waals surface area contributed by atoms with E-state index >= 15 is 0 Å². The molecule has 1 N–H and O–H groups in total. The number of nitrogens with zero attached hydrogens (tertiary/aromatic N) is 2. The van der Waals surface area contributed by atoms with Crippen LogP contribution in [0.5, 0.6) is 0 Å². The zero-order chi connectivity index (χ0) is 14.0. The van der Waals surface area contributed by atoms with Crippen LogP contribution >= 0.6 is 33.9 Å². The van der Waals surface area contributed by atoms with E-state index in [1.807, 2.05) is 0 Å². The van der Waals surface area contributed by atoms with Crippen molar-refractivity contribution in [1.82, 2.24) is 9.97 Å². The summed E-state index contributed by atoms with van der Waals surface area (Å²) in [6, 6.07) is 0. The lowest BCUT2D eigenvalue weighted by Crippen LogP contribution is -2.09. The Labute approximate surface area is 132 Å². The fourth-order valence-electron chi connectivity index (χ4n) is 1.84. The van der Waals surface area contributed by atoms with Crippen molar-refractivity contribution in [1.29, 1.82) is 0 Å². The second-order valence-electron chi connectivity index (χ2n) is 4.75. The standard InChI is InChI=1S/C14H18IN3S/c1-5-16-14-11(15)12(8(2)3)17-13(18-14)10-7-19-6-9(10)4/h6-8H,5H2,1-4H3,(H,16,17,18). The number of halogens is 1. The van der Waals surface area contributed by atoms with Gasteiger partial charge in [-0.05, 0) is 53.3 Å². The summed E-state index contributed by atoms with van der Waals surface area (Å²) in [4.78, 5) is 9.45. The van der Waals surface area contributed by atoms with Gasteiger partial charge in [0.15, 0.2) is 5.82 Å². The molecule has 5 heteroatoms. The molecule has 0 aliphatic carbocycles. The number of nitrogens with one attached hydrogen (secondary N) is 1. The van der Waals surface area contributed by atoms with E-state index in [0.717, 1.165) is 33.0 Å². The van der Waals surface area contributed by atoms with Crippen molar-refractivity contribution in [2.75, 3.05) is 11.9 Å². The van der Waals surface area contributed by atoms with E-state index < -0.39 is 0 Å². The Kier molecular flexibility index (Phi) is 4.78. The average Bonchev–Trinajstić information content (AvgIpc) is 2.78. The highest BCUT2D eigenvalue weighted by Crippen LogP contribution is 2.30. The van der Waals surface area contributed by atoms with E-state index in [4.69, 9.17) is 4.98 Å². The molecule has 0 aliphatic heterocycles. The highest BCUT2D eigenvalue weighted by Gasteiger charge is 2.16. The van der Waals surface area contributed by atoms with E-state index in [0.29, 0.717) is 5.92 Å². The molecule has 0 saturated carbocycles. The smallest absolute Gasteiger partial charge is 0.162 e. The summed E-state index contributed by atoms with van der Waals surface area (Å²) in [6.45, 7) is 9.40. The molecule has 0 atom stereocenters. The third kappa shape index (κ3) is 3.08. The van der Waals surface area contributed by atoms with Gasteiger partial charge in [-0.25, -0.2) is 9.97 Å². The van der Waals surface area contributed by atoms with Crippen molar-refractivity contribution in [3.05, 3.63) is 25.6 Å². The van der Waals surface area contributed by atoms with Gasteiger partial charge in [-0.3, -0.25) is 0 Å². The van der Waals surface area contributed by atoms with Crippen LogP contribution in [0.4, 0.5) is 5.82 Å². The normalized spacial score (nSPS) is 11.1. The number of aryl methyl sites for hydroxylation is 1. The molecule has 0 aliphatic rings. The molecule has 2 aromatic heterocycles. The van der Waals surface area contributed by atoms with Gasteiger partial charge < -0.3 is 5.32 Å². The van der Waals surface area contributed by atoms with Crippen molar-refractivity contribution in [3.63, 3.8) is 0 Å². The Balaban J connectivity index is 2.59. The van der Waals surface area contributed by atoms with Gasteiger partial charge in [-0.2, -0.15) is 11.3 Å². The first-order valence-corrected chi connectivity index (χ1v) is 8.41. The molecule has 0 amide bonds. The molecule has 0 fully saturated rings. The maximum atomic E-state index is 4.77. The summed E-state index contributed by atoms with van der Waals surface area (Å²) in [6.07, 6.45) is 0. The highest BCUT2D eigenvalue weighted by molar-refractivity contribution is 14.1. The SMILES string of the molecule is CCNc1nc(-c2cscc2C)nc(C(C)C)c1I. The Morgan fingerprint density at radius 3 is 2.58 bits per heavy atom. The van der Waals surface area contributed by atoms with Crippen molar-refractivity contribution in [2.24, 2.45) is 0 Å². The maximum absolute atomic E-state index is 4.77. The monoisotopic (exact) mass is 387 g/mol. The van der Waals surface area contributed by atoms with Crippen molar-refractivity contribution in [2.45, 2.75) is 33.6 Å². The van der Waals surface area contributed by atoms with Gasteiger partial charge in [0.25, 0.3) is 0 Å². The van der Waals surface area contributed by atoms with E-state index in [1.54, 1.807) is 11.3 Å². The van der Waals surface area contributed by atoms with Crippen LogP contribution in [0.2, 0.25) is 0 Å². The maximum Gasteiger partial charge on any atom is 0.162 e. The number of hydrogen-bond acceptors (Lipinski definition) is 4. The lowest BCUT2D eigenvalue weighted by atomic mass is 10.1. The summed E-state index contributed by atoms with van der Waals surface area (Å²) in [7, 11) is 0. The number of hydrogen-bond donors (Lipinski definition) is 1. The Hall–Kier alpha value is -0.690. The largest absolute Gasteiger partial charge is 0.369 e. The molecule has 19 heavy (non-hydrogen) atoms. The molecule has 0 spiro atoms. The lowest BCUT2D eigenvalue weighted by Gasteiger charge is -2.14. The van der Waals surface area contributed by atoms with Gasteiger partial charge in [0, 0.05) is 17.5 Å². The lowest BCUT2D eigenvalue weighted by molar-refractivity contribution is 0.808. The minimum Gasteiger partial charge on any atom is -0.369 e. The van der Waals surface area contributed by atoms with Gasteiger partial charge >= 0.3 is 0 Å². The van der Waals surface area contributed by atoms with Gasteiger partial charge in [0.2, 0.25) is 0 Å². The average molecular weight is 387 g/mol. The topological polar surface area (TPSA) is 37.8 Å². The third-order valence-electron chi connectivity index (χ3n) is 2.86. The molecule has 102 valence electrons. The van der Waals surface area contributed by atoms with E-state index in [1.165, 1.54) is 5.56 Å². The molecule has 0 saturated heterocycles. The van der Waals surface area contributed by atoms with Gasteiger partial charge in [0.1, 0.15) is 5.82 Å². The fraction of sp³-hybridized carbons (Fsp3) is 0.429. The molecule has 0 aromatic carbocycles. The molecule has 2 rings (SSSR count). The van der Waals surface area contributed by atoms with Crippen LogP contribution in [0.15, 0.2) is 10.8 Å². The second-order valence-corrected chi connectivity index (χ2v) is 6.57. The molecule has 2 heterocycles. The van der Waals surface area contributed by atoms with Crippen LogP contribution in [0.3, 0.4) is 0 Å². The minimum atomic E-state index is 0.394. The zero-order valence-electron chi connectivity index (χ0n) is 11.6. The molecule has 0 radical (unpaired) electrons. The first-order chi connectivity index (χ1) is 9.04. The van der Waals surface area contributed by atoms with Gasteiger partial charge in [-0.1, -0.05) is 13.8 Å². The first-order valence-electron chi connectivity index (χ1n) is 6.39. The Morgan fingerprint density at radius 2 is 2.05 bits per heavy atom. The summed E-state index contributed by atoms with van der Waals surface area (Å²) in [5, 5.41) is 7.60. The number of rotatable bonds is 4. The zero-order valence-corrected chi connectivity index (χ0v) is 14.6. The summed E-state index contributed by atoms with van der Waals surface area (Å²) in [5.41, 5.74) is 3.50. The molecular formula is C14H18IN3S. The summed E-state index contributed by atoms with van der Waals surface area (Å²) < 4.78 is 1.13. The fourth-order valence-corrected chi connectivity index (χ4v) is 3.72. The third-order valence-corrected chi connectivity index (χ3v) is 4.79. The predicted octanol–water partition coefficient (Wildman–Crippen LogP) is 4.67. The molecule has 2 aromatic rings. The first kappa shape index (κ1) is 14.7. The van der Waals surface area contributed by atoms with E-state index in [9.17, 15) is 0 Å². The van der Waals surface area contributed by atoms with Crippen molar-refractivity contribution in [3.8, 4) is 11.4 Å². The Bertz CT molecular complexity index is 578.